The van der Waals surface area contributed by atoms with Gasteiger partial charge in [0.05, 0.1) is 0 Å². The highest BCUT2D eigenvalue weighted by Crippen LogP contribution is 2.35. The predicted octanol–water partition coefficient (Wildman–Crippen LogP) is 2.92. The Kier molecular flexibility index (Phi) is 1.40. The fraction of sp³-hybridized carbons (Fsp3) is 0.600. The Hall–Kier alpha value is -0.520. The first-order chi connectivity index (χ1) is 4.86. The quantitative estimate of drug-likeness (QED) is 0.478. The molecule has 0 amide bonds. The van der Waals surface area contributed by atoms with Gasteiger partial charge in [0.2, 0.25) is 0 Å². The Morgan fingerprint density at radius 1 is 1.50 bits per heavy atom. The third-order valence-corrected chi connectivity index (χ3v) is 2.64. The summed E-state index contributed by atoms with van der Waals surface area (Å²) in [6.07, 6.45) is 11.2. The molecule has 2 rings (SSSR count). The molecule has 0 heteroatoms. The first kappa shape index (κ1) is 6.21. The molecule has 0 fully saturated rings. The highest BCUT2D eigenvalue weighted by Gasteiger charge is 2.21. The third-order valence-electron chi connectivity index (χ3n) is 2.64. The Balaban J connectivity index is 2.21. The average molecular weight is 134 g/mol. The second-order valence-electron chi connectivity index (χ2n) is 3.55. The molecule has 0 bridgehead atoms. The van der Waals surface area contributed by atoms with E-state index in [1.807, 2.05) is 0 Å². The van der Waals surface area contributed by atoms with Crippen LogP contribution in [0.3, 0.4) is 0 Å². The smallest absolute Gasteiger partial charge is 0.0157 e. The molecule has 0 aromatic heterocycles. The molecule has 0 nitrogen and oxygen atoms in total. The van der Waals surface area contributed by atoms with Crippen LogP contribution in [0.2, 0.25) is 0 Å². The maximum Gasteiger partial charge on any atom is -0.0157 e. The van der Waals surface area contributed by atoms with E-state index < -0.39 is 0 Å². The van der Waals surface area contributed by atoms with Crippen LogP contribution < -0.4 is 0 Å². The van der Waals surface area contributed by atoms with Crippen molar-refractivity contribution in [1.82, 2.24) is 0 Å². The van der Waals surface area contributed by atoms with Crippen molar-refractivity contribution in [3.63, 3.8) is 0 Å². The summed E-state index contributed by atoms with van der Waals surface area (Å²) in [6.45, 7) is 2.31. The molecular formula is C10H14. The van der Waals surface area contributed by atoms with Gasteiger partial charge in [0.25, 0.3) is 0 Å². The van der Waals surface area contributed by atoms with Gasteiger partial charge in [0.15, 0.2) is 0 Å². The van der Waals surface area contributed by atoms with Gasteiger partial charge in [-0.2, -0.15) is 0 Å². The molecular weight excluding hydrogens is 120 g/mol. The van der Waals surface area contributed by atoms with Gasteiger partial charge in [0, 0.05) is 0 Å². The summed E-state index contributed by atoms with van der Waals surface area (Å²) in [6, 6.07) is 0. The molecule has 2 unspecified atom stereocenters. The first-order valence-corrected chi connectivity index (χ1v) is 4.24. The van der Waals surface area contributed by atoms with E-state index in [4.69, 9.17) is 0 Å². The fourth-order valence-corrected chi connectivity index (χ4v) is 2.05. The summed E-state index contributed by atoms with van der Waals surface area (Å²) in [5.74, 6) is 1.74. The van der Waals surface area contributed by atoms with E-state index in [1.165, 1.54) is 19.3 Å². The van der Waals surface area contributed by atoms with E-state index in [0.29, 0.717) is 0 Å². The monoisotopic (exact) mass is 134 g/mol. The van der Waals surface area contributed by atoms with Crippen molar-refractivity contribution in [1.29, 1.82) is 0 Å². The zero-order valence-corrected chi connectivity index (χ0v) is 6.51. The predicted molar refractivity (Wildman–Crippen MR) is 43.7 cm³/mol. The molecule has 0 N–H and O–H groups in total. The number of hydrogen-bond acceptors (Lipinski definition) is 0. The maximum atomic E-state index is 2.40. The summed E-state index contributed by atoms with van der Waals surface area (Å²) in [5.41, 5.74) is 1.61. The Morgan fingerprint density at radius 3 is 3.30 bits per heavy atom. The normalized spacial score (nSPS) is 37.5. The van der Waals surface area contributed by atoms with Crippen molar-refractivity contribution >= 4 is 0 Å². The van der Waals surface area contributed by atoms with Crippen LogP contribution in [-0.4, -0.2) is 0 Å². The molecule has 0 spiro atoms. The number of fused-ring (bicyclic) bond motifs is 1. The van der Waals surface area contributed by atoms with Crippen LogP contribution in [0.4, 0.5) is 0 Å². The Labute approximate surface area is 62.6 Å². The summed E-state index contributed by atoms with van der Waals surface area (Å²) in [4.78, 5) is 0. The highest BCUT2D eigenvalue weighted by molar-refractivity contribution is 5.28. The van der Waals surface area contributed by atoms with Crippen LogP contribution in [0, 0.1) is 11.8 Å². The van der Waals surface area contributed by atoms with Gasteiger partial charge < -0.3 is 0 Å². The van der Waals surface area contributed by atoms with Gasteiger partial charge in [-0.05, 0) is 36.7 Å². The third kappa shape index (κ3) is 0.920. The molecule has 2 aliphatic rings. The minimum atomic E-state index is 0.820. The number of allylic oxidation sites excluding steroid dienone is 4. The second kappa shape index (κ2) is 2.26. The van der Waals surface area contributed by atoms with Crippen LogP contribution >= 0.6 is 0 Å². The van der Waals surface area contributed by atoms with Gasteiger partial charge in [-0.1, -0.05) is 25.2 Å². The highest BCUT2D eigenvalue weighted by atomic mass is 14.3. The minimum absolute atomic E-state index is 0.820. The van der Waals surface area contributed by atoms with Crippen molar-refractivity contribution < 1.29 is 0 Å². The van der Waals surface area contributed by atoms with Crippen molar-refractivity contribution in [3.05, 3.63) is 23.8 Å². The number of rotatable bonds is 0. The van der Waals surface area contributed by atoms with Gasteiger partial charge in [0.1, 0.15) is 0 Å². The van der Waals surface area contributed by atoms with Gasteiger partial charge >= 0.3 is 0 Å². The molecule has 0 saturated carbocycles. The van der Waals surface area contributed by atoms with Crippen molar-refractivity contribution in [2.24, 2.45) is 11.8 Å². The second-order valence-corrected chi connectivity index (χ2v) is 3.55. The minimum Gasteiger partial charge on any atom is -0.0814 e. The van der Waals surface area contributed by atoms with E-state index in [0.717, 1.165) is 11.8 Å². The topological polar surface area (TPSA) is 0 Å². The van der Waals surface area contributed by atoms with E-state index in [-0.39, 0.29) is 0 Å². The van der Waals surface area contributed by atoms with E-state index >= 15 is 0 Å². The van der Waals surface area contributed by atoms with Crippen molar-refractivity contribution in [3.8, 4) is 0 Å². The molecule has 0 radical (unpaired) electrons. The molecule has 54 valence electrons. The summed E-state index contributed by atoms with van der Waals surface area (Å²) >= 11 is 0. The van der Waals surface area contributed by atoms with Crippen LogP contribution in [0.15, 0.2) is 23.8 Å². The standard InChI is InChI=1S/C10H14/c1-8-5-6-9-3-2-4-10(9)7-8/h3,5-6,8,10H,2,4,7H2,1H3. The van der Waals surface area contributed by atoms with Crippen LogP contribution in [0.25, 0.3) is 0 Å². The summed E-state index contributed by atoms with van der Waals surface area (Å²) < 4.78 is 0. The molecule has 0 aromatic rings. The Morgan fingerprint density at radius 2 is 2.40 bits per heavy atom. The van der Waals surface area contributed by atoms with Gasteiger partial charge in [-0.15, -0.1) is 0 Å². The molecule has 2 aliphatic carbocycles. The lowest BCUT2D eigenvalue weighted by Crippen LogP contribution is -2.07. The molecule has 0 heterocycles. The van der Waals surface area contributed by atoms with Crippen LogP contribution in [-0.2, 0) is 0 Å². The maximum absolute atomic E-state index is 2.40. The van der Waals surface area contributed by atoms with E-state index in [2.05, 4.69) is 25.2 Å². The molecule has 0 aliphatic heterocycles. The van der Waals surface area contributed by atoms with Gasteiger partial charge in [-0.3, -0.25) is 0 Å². The first-order valence-electron chi connectivity index (χ1n) is 4.24. The average Bonchev–Trinajstić information content (AvgIpc) is 2.33. The lowest BCUT2D eigenvalue weighted by atomic mass is 9.85. The molecule has 0 aromatic carbocycles. The molecule has 0 saturated heterocycles. The van der Waals surface area contributed by atoms with Crippen LogP contribution in [0.1, 0.15) is 26.2 Å². The van der Waals surface area contributed by atoms with E-state index in [1.54, 1.807) is 5.57 Å². The molecule has 2 atom stereocenters. The zero-order chi connectivity index (χ0) is 6.97. The van der Waals surface area contributed by atoms with Crippen LogP contribution in [0.5, 0.6) is 0 Å². The van der Waals surface area contributed by atoms with Crippen molar-refractivity contribution in [2.45, 2.75) is 26.2 Å². The molecule has 10 heavy (non-hydrogen) atoms. The number of hydrogen-bond donors (Lipinski definition) is 0. The lowest BCUT2D eigenvalue weighted by Gasteiger charge is -2.20. The summed E-state index contributed by atoms with van der Waals surface area (Å²) in [5, 5.41) is 0. The lowest BCUT2D eigenvalue weighted by molar-refractivity contribution is 0.476. The van der Waals surface area contributed by atoms with Crippen molar-refractivity contribution in [2.75, 3.05) is 0 Å². The fourth-order valence-electron chi connectivity index (χ4n) is 2.05. The summed E-state index contributed by atoms with van der Waals surface area (Å²) in [7, 11) is 0. The Bertz CT molecular complexity index is 186. The van der Waals surface area contributed by atoms with Gasteiger partial charge in [-0.25, -0.2) is 0 Å². The largest absolute Gasteiger partial charge is 0.0814 e. The SMILES string of the molecule is CC1C=CC2=CCCC2C1. The zero-order valence-electron chi connectivity index (χ0n) is 6.51. The van der Waals surface area contributed by atoms with E-state index in [9.17, 15) is 0 Å².